The number of hydrogen-bond donors (Lipinski definition) is 2. The fraction of sp³-hybridized carbons (Fsp3) is 0.240. The van der Waals surface area contributed by atoms with Crippen molar-refractivity contribution in [3.63, 3.8) is 0 Å². The second-order valence-corrected chi connectivity index (χ2v) is 11.8. The summed E-state index contributed by atoms with van der Waals surface area (Å²) in [5, 5.41) is 7.25. The van der Waals surface area contributed by atoms with Crippen molar-refractivity contribution in [2.24, 2.45) is 11.0 Å². The summed E-state index contributed by atoms with van der Waals surface area (Å²) in [6.45, 7) is 4.01. The summed E-state index contributed by atoms with van der Waals surface area (Å²) in [6.07, 6.45) is 1.20. The summed E-state index contributed by atoms with van der Waals surface area (Å²) in [5.41, 5.74) is 2.73. The van der Waals surface area contributed by atoms with Gasteiger partial charge in [0.1, 0.15) is 11.5 Å². The van der Waals surface area contributed by atoms with Crippen LogP contribution in [0.1, 0.15) is 30.9 Å². The lowest BCUT2D eigenvalue weighted by Gasteiger charge is -2.22. The van der Waals surface area contributed by atoms with Gasteiger partial charge in [-0.25, -0.2) is 13.8 Å². The molecule has 2 amide bonds. The number of sulfonamides is 1. The lowest BCUT2D eigenvalue weighted by molar-refractivity contribution is -0.139. The molecule has 0 saturated heterocycles. The highest BCUT2D eigenvalue weighted by atomic mass is 35.5. The minimum atomic E-state index is -3.97. The molecule has 9 nitrogen and oxygen atoms in total. The Labute approximate surface area is 235 Å². The summed E-state index contributed by atoms with van der Waals surface area (Å²) in [5.74, 6) is -0.986. The standard InChI is InChI=1S/C25H25Cl3N4O5S/c1-16(2)12-29-24(33)25(34)31-30-13-19-6-7-20(37-19)15-32(14-17-3-10-22(27)23(28)11-17)38(35,36)21-8-4-18(26)5-9-21/h3-11,13,16H,12,14-15H2,1-2H3,(H,29,33)(H,31,34)/b30-13+. The fourth-order valence-corrected chi connectivity index (χ4v) is 4.97. The Morgan fingerprint density at radius 3 is 2.34 bits per heavy atom. The molecule has 3 rings (SSSR count). The maximum atomic E-state index is 13.5. The van der Waals surface area contributed by atoms with Gasteiger partial charge in [-0.05, 0) is 60.0 Å². The van der Waals surface area contributed by atoms with Crippen LogP contribution < -0.4 is 10.7 Å². The van der Waals surface area contributed by atoms with Gasteiger partial charge in [0.2, 0.25) is 10.0 Å². The van der Waals surface area contributed by atoms with E-state index < -0.39 is 21.8 Å². The molecule has 0 fully saturated rings. The van der Waals surface area contributed by atoms with Crippen molar-refractivity contribution in [1.29, 1.82) is 0 Å². The molecule has 0 spiro atoms. The van der Waals surface area contributed by atoms with Crippen molar-refractivity contribution in [3.05, 3.63) is 86.7 Å². The van der Waals surface area contributed by atoms with E-state index in [1.807, 2.05) is 13.8 Å². The molecule has 1 heterocycles. The highest BCUT2D eigenvalue weighted by Crippen LogP contribution is 2.27. The molecule has 0 aliphatic heterocycles. The smallest absolute Gasteiger partial charge is 0.329 e. The van der Waals surface area contributed by atoms with Crippen molar-refractivity contribution in [3.8, 4) is 0 Å². The second-order valence-electron chi connectivity index (χ2n) is 8.58. The van der Waals surface area contributed by atoms with Gasteiger partial charge in [0, 0.05) is 18.1 Å². The van der Waals surface area contributed by atoms with Gasteiger partial charge < -0.3 is 9.73 Å². The SMILES string of the molecule is CC(C)CNC(=O)C(=O)N/N=C/c1ccc(CN(Cc2ccc(Cl)c(Cl)c2)S(=O)(=O)c2ccc(Cl)cc2)o1. The van der Waals surface area contributed by atoms with E-state index in [1.54, 1.807) is 30.3 Å². The molecular formula is C25H25Cl3N4O5S. The van der Waals surface area contributed by atoms with E-state index in [4.69, 9.17) is 39.2 Å². The number of nitrogens with one attached hydrogen (secondary N) is 2. The molecule has 0 aliphatic carbocycles. The molecule has 0 atom stereocenters. The first kappa shape index (κ1) is 29.7. The Kier molecular flexibility index (Phi) is 10.3. The van der Waals surface area contributed by atoms with Gasteiger partial charge in [0.25, 0.3) is 0 Å². The maximum Gasteiger partial charge on any atom is 0.329 e. The van der Waals surface area contributed by atoms with Crippen LogP contribution in [-0.4, -0.2) is 37.3 Å². The fourth-order valence-electron chi connectivity index (χ4n) is 3.13. The minimum Gasteiger partial charge on any atom is -0.459 e. The number of hydrogen-bond acceptors (Lipinski definition) is 6. The predicted octanol–water partition coefficient (Wildman–Crippen LogP) is 4.85. The Morgan fingerprint density at radius 2 is 1.68 bits per heavy atom. The Balaban J connectivity index is 1.76. The van der Waals surface area contributed by atoms with Crippen LogP contribution in [0.25, 0.3) is 0 Å². The number of carbonyl (C=O) groups excluding carboxylic acids is 2. The lowest BCUT2D eigenvalue weighted by Crippen LogP contribution is -2.39. The predicted molar refractivity (Wildman–Crippen MR) is 147 cm³/mol. The summed E-state index contributed by atoms with van der Waals surface area (Å²) < 4.78 is 33.9. The molecule has 0 unspecified atom stereocenters. The van der Waals surface area contributed by atoms with E-state index in [0.29, 0.717) is 32.9 Å². The van der Waals surface area contributed by atoms with Gasteiger partial charge in [-0.15, -0.1) is 0 Å². The van der Waals surface area contributed by atoms with Gasteiger partial charge in [-0.3, -0.25) is 9.59 Å². The molecule has 202 valence electrons. The summed E-state index contributed by atoms with van der Waals surface area (Å²) in [6, 6.07) is 13.8. The van der Waals surface area contributed by atoms with Gasteiger partial charge in [-0.1, -0.05) is 54.7 Å². The van der Waals surface area contributed by atoms with E-state index in [-0.39, 0.29) is 29.7 Å². The summed E-state index contributed by atoms with van der Waals surface area (Å²) in [4.78, 5) is 23.6. The summed E-state index contributed by atoms with van der Waals surface area (Å²) in [7, 11) is -3.97. The van der Waals surface area contributed by atoms with Crippen LogP contribution in [0.15, 0.2) is 69.0 Å². The van der Waals surface area contributed by atoms with Gasteiger partial charge >= 0.3 is 11.8 Å². The second kappa shape index (κ2) is 13.3. The Morgan fingerprint density at radius 1 is 0.974 bits per heavy atom. The number of nitrogens with zero attached hydrogens (tertiary/aromatic N) is 2. The molecule has 2 aromatic carbocycles. The number of carbonyl (C=O) groups is 2. The molecular weight excluding hydrogens is 575 g/mol. The van der Waals surface area contributed by atoms with Gasteiger partial charge in [0.05, 0.1) is 27.7 Å². The zero-order valence-corrected chi connectivity index (χ0v) is 23.5. The first-order valence-electron chi connectivity index (χ1n) is 11.4. The van der Waals surface area contributed by atoms with Crippen LogP contribution >= 0.6 is 34.8 Å². The van der Waals surface area contributed by atoms with Crippen LogP contribution in [0, 0.1) is 5.92 Å². The number of benzene rings is 2. The summed E-state index contributed by atoms with van der Waals surface area (Å²) >= 11 is 18.1. The van der Waals surface area contributed by atoms with E-state index in [9.17, 15) is 18.0 Å². The first-order valence-corrected chi connectivity index (χ1v) is 13.9. The van der Waals surface area contributed by atoms with E-state index in [2.05, 4.69) is 15.8 Å². The molecule has 13 heteroatoms. The molecule has 0 radical (unpaired) electrons. The number of furan rings is 1. The molecule has 0 aliphatic rings. The molecule has 3 aromatic rings. The van der Waals surface area contributed by atoms with E-state index >= 15 is 0 Å². The molecule has 0 saturated carbocycles. The van der Waals surface area contributed by atoms with Crippen LogP contribution in [0.5, 0.6) is 0 Å². The van der Waals surface area contributed by atoms with Crippen LogP contribution in [-0.2, 0) is 32.7 Å². The molecule has 1 aromatic heterocycles. The highest BCUT2D eigenvalue weighted by Gasteiger charge is 2.26. The van der Waals surface area contributed by atoms with Crippen molar-refractivity contribution in [2.75, 3.05) is 6.54 Å². The quantitative estimate of drug-likeness (QED) is 0.196. The van der Waals surface area contributed by atoms with Crippen LogP contribution in [0.2, 0.25) is 15.1 Å². The van der Waals surface area contributed by atoms with Crippen molar-refractivity contribution >= 4 is 62.9 Å². The average molecular weight is 600 g/mol. The van der Waals surface area contributed by atoms with Crippen molar-refractivity contribution in [1.82, 2.24) is 15.0 Å². The monoisotopic (exact) mass is 598 g/mol. The van der Waals surface area contributed by atoms with Gasteiger partial charge in [0.15, 0.2) is 0 Å². The number of halogens is 3. The third-order valence-corrected chi connectivity index (χ3v) is 7.84. The lowest BCUT2D eigenvalue weighted by atomic mass is 10.2. The minimum absolute atomic E-state index is 0.0203. The number of amides is 2. The number of rotatable bonds is 10. The third kappa shape index (κ3) is 8.31. The molecule has 0 bridgehead atoms. The molecule has 38 heavy (non-hydrogen) atoms. The van der Waals surface area contributed by atoms with E-state index in [1.165, 1.54) is 34.8 Å². The zero-order valence-electron chi connectivity index (χ0n) is 20.4. The topological polar surface area (TPSA) is 121 Å². The number of hydrazone groups is 1. The van der Waals surface area contributed by atoms with Crippen LogP contribution in [0.4, 0.5) is 0 Å². The van der Waals surface area contributed by atoms with Gasteiger partial charge in [-0.2, -0.15) is 9.41 Å². The zero-order chi connectivity index (χ0) is 27.9. The van der Waals surface area contributed by atoms with Crippen LogP contribution in [0.3, 0.4) is 0 Å². The van der Waals surface area contributed by atoms with Crippen molar-refractivity contribution < 1.29 is 22.4 Å². The average Bonchev–Trinajstić information content (AvgIpc) is 3.31. The molecule has 2 N–H and O–H groups in total. The third-order valence-electron chi connectivity index (χ3n) is 5.04. The highest BCUT2D eigenvalue weighted by molar-refractivity contribution is 7.89. The first-order chi connectivity index (χ1) is 18.0. The normalized spacial score (nSPS) is 11.9. The Hall–Kier alpha value is -2.89. The Bertz CT molecular complexity index is 1420. The largest absolute Gasteiger partial charge is 0.459 e. The van der Waals surface area contributed by atoms with E-state index in [0.717, 1.165) is 0 Å². The van der Waals surface area contributed by atoms with Crippen molar-refractivity contribution in [2.45, 2.75) is 31.8 Å². The maximum absolute atomic E-state index is 13.5.